The van der Waals surface area contributed by atoms with Gasteiger partial charge in [0.2, 0.25) is 5.91 Å². The van der Waals surface area contributed by atoms with Crippen LogP contribution < -0.4 is 16.2 Å². The molecule has 2 fully saturated rings. The maximum atomic E-state index is 13.1. The largest absolute Gasteiger partial charge is 0.396 e. The number of fused-ring (bicyclic) bond motifs is 4. The fourth-order valence-electron chi connectivity index (χ4n) is 5.12. The van der Waals surface area contributed by atoms with Crippen molar-refractivity contribution in [3.8, 4) is 0 Å². The van der Waals surface area contributed by atoms with Crippen LogP contribution in [0.15, 0.2) is 23.0 Å². The Morgan fingerprint density at radius 1 is 1.33 bits per heavy atom. The van der Waals surface area contributed by atoms with E-state index in [1.807, 2.05) is 31.2 Å². The molecule has 6 heteroatoms. The Bertz CT molecular complexity index is 794. The standard InChI is InChI=1S/C21H29N3O3/c1-2-6-13-9-10-17-19-18(20(26)22-14-7-4-3-5-8-14)15(12-25)16(23-19)11-24(17)21(13)27/h2,6,9-10,14-16,18-19,23,25H,3-5,7-8,11-12H2,1H3,(H,22,26)/b6-2+/t15-,16-,18+,19+/m0/s1. The normalized spacial score (nSPS) is 30.4. The number of amides is 1. The molecule has 1 aromatic rings. The van der Waals surface area contributed by atoms with Gasteiger partial charge in [-0.3, -0.25) is 9.59 Å². The lowest BCUT2D eigenvalue weighted by Crippen LogP contribution is -2.44. The van der Waals surface area contributed by atoms with Gasteiger partial charge in [0, 0.05) is 42.4 Å². The maximum absolute atomic E-state index is 13.1. The highest BCUT2D eigenvalue weighted by Crippen LogP contribution is 2.41. The first-order valence-electron chi connectivity index (χ1n) is 10.2. The second-order valence-corrected chi connectivity index (χ2v) is 8.10. The van der Waals surface area contributed by atoms with Crippen molar-refractivity contribution >= 4 is 12.0 Å². The minimum Gasteiger partial charge on any atom is -0.396 e. The van der Waals surface area contributed by atoms with Gasteiger partial charge in [0.1, 0.15) is 0 Å². The van der Waals surface area contributed by atoms with Gasteiger partial charge in [-0.2, -0.15) is 0 Å². The van der Waals surface area contributed by atoms with Crippen molar-refractivity contribution in [3.63, 3.8) is 0 Å². The summed E-state index contributed by atoms with van der Waals surface area (Å²) in [7, 11) is 0. The molecule has 1 saturated carbocycles. The van der Waals surface area contributed by atoms with Gasteiger partial charge in [0.25, 0.3) is 5.56 Å². The Hall–Kier alpha value is -1.92. The van der Waals surface area contributed by atoms with Crippen molar-refractivity contribution in [2.45, 2.75) is 63.7 Å². The molecule has 3 heterocycles. The average molecular weight is 371 g/mol. The predicted molar refractivity (Wildman–Crippen MR) is 104 cm³/mol. The molecule has 0 unspecified atom stereocenters. The van der Waals surface area contributed by atoms with Gasteiger partial charge in [-0.15, -0.1) is 0 Å². The number of rotatable bonds is 4. The molecule has 1 saturated heterocycles. The first-order chi connectivity index (χ1) is 13.1. The van der Waals surface area contributed by atoms with E-state index in [0.29, 0.717) is 12.1 Å². The molecule has 4 rings (SSSR count). The first kappa shape index (κ1) is 18.4. The maximum Gasteiger partial charge on any atom is 0.258 e. The van der Waals surface area contributed by atoms with Crippen molar-refractivity contribution in [3.05, 3.63) is 39.8 Å². The summed E-state index contributed by atoms with van der Waals surface area (Å²) in [6, 6.07) is 3.74. The van der Waals surface area contributed by atoms with Crippen LogP contribution in [-0.4, -0.2) is 34.3 Å². The zero-order valence-corrected chi connectivity index (χ0v) is 15.9. The monoisotopic (exact) mass is 371 g/mol. The third-order valence-corrected chi connectivity index (χ3v) is 6.48. The van der Waals surface area contributed by atoms with Gasteiger partial charge < -0.3 is 20.3 Å². The number of nitrogens with one attached hydrogen (secondary N) is 2. The summed E-state index contributed by atoms with van der Waals surface area (Å²) < 4.78 is 1.79. The number of hydrogen-bond donors (Lipinski definition) is 3. The molecule has 4 atom stereocenters. The molecule has 3 aliphatic rings. The lowest BCUT2D eigenvalue weighted by molar-refractivity contribution is -0.128. The average Bonchev–Trinajstić information content (AvgIpc) is 2.98. The Kier molecular flexibility index (Phi) is 5.19. The molecule has 0 radical (unpaired) electrons. The smallest absolute Gasteiger partial charge is 0.258 e. The van der Waals surface area contributed by atoms with E-state index >= 15 is 0 Å². The molecule has 3 N–H and O–H groups in total. The van der Waals surface area contributed by atoms with Gasteiger partial charge in [0.05, 0.1) is 12.0 Å². The number of aliphatic hydroxyl groups excluding tert-OH is 1. The minimum absolute atomic E-state index is 0.0133. The molecular formula is C21H29N3O3. The van der Waals surface area contributed by atoms with Crippen molar-refractivity contribution < 1.29 is 9.90 Å². The van der Waals surface area contributed by atoms with Crippen LogP contribution in [0.4, 0.5) is 0 Å². The Balaban J connectivity index is 1.64. The first-order valence-corrected chi connectivity index (χ1v) is 10.2. The number of nitrogens with zero attached hydrogens (tertiary/aromatic N) is 1. The van der Waals surface area contributed by atoms with E-state index in [1.54, 1.807) is 4.57 Å². The summed E-state index contributed by atoms with van der Waals surface area (Å²) in [5.74, 6) is -0.509. The summed E-state index contributed by atoms with van der Waals surface area (Å²) in [5, 5.41) is 16.7. The molecule has 6 nitrogen and oxygen atoms in total. The molecule has 2 bridgehead atoms. The predicted octanol–water partition coefficient (Wildman–Crippen LogP) is 1.58. The second-order valence-electron chi connectivity index (χ2n) is 8.10. The number of pyridine rings is 1. The lowest BCUT2D eigenvalue weighted by Gasteiger charge is -2.29. The molecule has 1 aliphatic carbocycles. The van der Waals surface area contributed by atoms with Crippen molar-refractivity contribution in [1.29, 1.82) is 0 Å². The van der Waals surface area contributed by atoms with Crippen LogP contribution in [0.25, 0.3) is 6.08 Å². The molecule has 146 valence electrons. The number of carbonyl (C=O) groups is 1. The summed E-state index contributed by atoms with van der Waals surface area (Å²) in [6.07, 6.45) is 9.31. The summed E-state index contributed by atoms with van der Waals surface area (Å²) in [6.45, 7) is 2.33. The zero-order valence-electron chi connectivity index (χ0n) is 15.9. The highest BCUT2D eigenvalue weighted by atomic mass is 16.3. The summed E-state index contributed by atoms with van der Waals surface area (Å²) in [4.78, 5) is 26.0. The highest BCUT2D eigenvalue weighted by Gasteiger charge is 2.51. The second kappa shape index (κ2) is 7.60. The van der Waals surface area contributed by atoms with Crippen molar-refractivity contribution in [1.82, 2.24) is 15.2 Å². The highest BCUT2D eigenvalue weighted by molar-refractivity contribution is 5.81. The molecular weight excluding hydrogens is 342 g/mol. The van der Waals surface area contributed by atoms with Crippen LogP contribution in [0, 0.1) is 11.8 Å². The molecule has 0 aromatic carbocycles. The zero-order chi connectivity index (χ0) is 19.0. The molecule has 1 amide bonds. The van der Waals surface area contributed by atoms with Crippen molar-refractivity contribution in [2.75, 3.05) is 6.61 Å². The molecule has 1 aromatic heterocycles. The van der Waals surface area contributed by atoms with Crippen LogP contribution in [-0.2, 0) is 11.3 Å². The van der Waals surface area contributed by atoms with Crippen LogP contribution >= 0.6 is 0 Å². The Morgan fingerprint density at radius 3 is 2.81 bits per heavy atom. The van der Waals surface area contributed by atoms with E-state index in [1.165, 1.54) is 6.42 Å². The number of allylic oxidation sites excluding steroid dienone is 1. The summed E-state index contributed by atoms with van der Waals surface area (Å²) >= 11 is 0. The fourth-order valence-corrected chi connectivity index (χ4v) is 5.12. The van der Waals surface area contributed by atoms with Gasteiger partial charge in [0.15, 0.2) is 0 Å². The topological polar surface area (TPSA) is 83.4 Å². The summed E-state index contributed by atoms with van der Waals surface area (Å²) in [5.41, 5.74) is 1.49. The van der Waals surface area contributed by atoms with Gasteiger partial charge in [-0.25, -0.2) is 0 Å². The van der Waals surface area contributed by atoms with Crippen LogP contribution in [0.1, 0.15) is 56.3 Å². The third-order valence-electron chi connectivity index (χ3n) is 6.48. The van der Waals surface area contributed by atoms with E-state index in [4.69, 9.17) is 0 Å². The van der Waals surface area contributed by atoms with Crippen LogP contribution in [0.2, 0.25) is 0 Å². The van der Waals surface area contributed by atoms with Crippen molar-refractivity contribution in [2.24, 2.45) is 11.8 Å². The number of carbonyl (C=O) groups excluding carboxylic acids is 1. The number of aliphatic hydroxyl groups is 1. The SMILES string of the molecule is C/C=C/c1ccc2n(c1=O)C[C@@H]1N[C@H]2[C@H](C(=O)NC2CCCCC2)[C@H]1CO. The third kappa shape index (κ3) is 3.25. The van der Waals surface area contributed by atoms with Crippen LogP contribution in [0.3, 0.4) is 0 Å². The van der Waals surface area contributed by atoms with Gasteiger partial charge in [-0.05, 0) is 31.9 Å². The van der Waals surface area contributed by atoms with Gasteiger partial charge >= 0.3 is 0 Å². The number of aromatic nitrogens is 1. The van der Waals surface area contributed by atoms with E-state index in [2.05, 4.69) is 10.6 Å². The van der Waals surface area contributed by atoms with E-state index in [9.17, 15) is 14.7 Å². The number of hydrogen-bond acceptors (Lipinski definition) is 4. The lowest BCUT2D eigenvalue weighted by atomic mass is 9.85. The van der Waals surface area contributed by atoms with E-state index in [-0.39, 0.29) is 48.0 Å². The molecule has 2 aliphatic heterocycles. The van der Waals surface area contributed by atoms with Crippen LogP contribution in [0.5, 0.6) is 0 Å². The quantitative estimate of drug-likeness (QED) is 0.750. The fraction of sp³-hybridized carbons (Fsp3) is 0.619. The van der Waals surface area contributed by atoms with E-state index < -0.39 is 0 Å². The van der Waals surface area contributed by atoms with Gasteiger partial charge in [-0.1, -0.05) is 31.4 Å². The molecule has 27 heavy (non-hydrogen) atoms. The minimum atomic E-state index is -0.345. The van der Waals surface area contributed by atoms with E-state index in [0.717, 1.165) is 31.4 Å². The Morgan fingerprint density at radius 2 is 2.11 bits per heavy atom. The molecule has 0 spiro atoms. The Labute approximate surface area is 159 Å².